The van der Waals surface area contributed by atoms with Gasteiger partial charge in [0.25, 0.3) is 0 Å². The average Bonchev–Trinajstić information content (AvgIpc) is 3.07. The number of esters is 1. The maximum absolute atomic E-state index is 12.5. The van der Waals surface area contributed by atoms with E-state index in [0.717, 1.165) is 30.4 Å². The fourth-order valence-corrected chi connectivity index (χ4v) is 6.15. The largest absolute Gasteiger partial charge is 0.504 e. The molecule has 31 heavy (non-hydrogen) atoms. The summed E-state index contributed by atoms with van der Waals surface area (Å²) in [5.41, 5.74) is 0.186. The summed E-state index contributed by atoms with van der Waals surface area (Å²) >= 11 is 0. The van der Waals surface area contributed by atoms with Gasteiger partial charge in [-0.1, -0.05) is 12.5 Å². The van der Waals surface area contributed by atoms with E-state index in [1.165, 1.54) is 6.92 Å². The zero-order chi connectivity index (χ0) is 22.0. The number of amides is 1. The maximum atomic E-state index is 12.5. The van der Waals surface area contributed by atoms with Crippen molar-refractivity contribution >= 4 is 11.9 Å². The Labute approximate surface area is 179 Å². The molecule has 1 fully saturated rings. The van der Waals surface area contributed by atoms with Crippen LogP contribution in [0.5, 0.6) is 11.5 Å². The van der Waals surface area contributed by atoms with Crippen LogP contribution in [-0.4, -0.2) is 51.5 Å². The molecule has 1 aromatic carbocycles. The summed E-state index contributed by atoms with van der Waals surface area (Å²) in [5, 5.41) is 34.1. The van der Waals surface area contributed by atoms with Crippen molar-refractivity contribution in [3.05, 3.63) is 35.1 Å². The molecular weight excluding hydrogens is 402 g/mol. The number of phenolic OH excluding ortho intramolecular Hbond substituents is 1. The molecule has 0 aromatic heterocycles. The molecule has 2 bridgehead atoms. The van der Waals surface area contributed by atoms with E-state index in [-0.39, 0.29) is 24.6 Å². The van der Waals surface area contributed by atoms with Crippen molar-refractivity contribution in [3.8, 4) is 11.5 Å². The first-order valence-corrected chi connectivity index (χ1v) is 10.9. The first kappa shape index (κ1) is 20.3. The third kappa shape index (κ3) is 2.74. The summed E-state index contributed by atoms with van der Waals surface area (Å²) in [7, 11) is 0. The number of aliphatic hydroxyl groups is 2. The van der Waals surface area contributed by atoms with E-state index in [1.54, 1.807) is 12.1 Å². The monoisotopic (exact) mass is 429 g/mol. The highest BCUT2D eigenvalue weighted by molar-refractivity contribution is 5.80. The Hall–Kier alpha value is -2.58. The van der Waals surface area contributed by atoms with Crippen LogP contribution in [0.15, 0.2) is 24.0 Å². The number of hydrogen-bond donors (Lipinski definition) is 4. The van der Waals surface area contributed by atoms with Crippen LogP contribution >= 0.6 is 0 Å². The smallest absolute Gasteiger partial charge is 0.312 e. The van der Waals surface area contributed by atoms with Crippen molar-refractivity contribution in [2.24, 2.45) is 5.92 Å². The van der Waals surface area contributed by atoms with Gasteiger partial charge in [0.15, 0.2) is 17.6 Å². The lowest BCUT2D eigenvalue weighted by atomic mass is 9.47. The van der Waals surface area contributed by atoms with Crippen LogP contribution in [0.4, 0.5) is 0 Å². The number of aliphatic hydroxyl groups excluding tert-OH is 1. The van der Waals surface area contributed by atoms with E-state index in [0.29, 0.717) is 24.4 Å². The van der Waals surface area contributed by atoms with Gasteiger partial charge in [0.1, 0.15) is 11.9 Å². The predicted molar refractivity (Wildman–Crippen MR) is 108 cm³/mol. The summed E-state index contributed by atoms with van der Waals surface area (Å²) < 4.78 is 11.9. The second-order valence-electron chi connectivity index (χ2n) is 9.14. The zero-order valence-electron chi connectivity index (χ0n) is 17.4. The van der Waals surface area contributed by atoms with E-state index >= 15 is 0 Å². The molecule has 0 saturated heterocycles. The number of nitrogens with one attached hydrogen (secondary N) is 1. The minimum absolute atomic E-state index is 0.0282. The molecule has 8 heteroatoms. The highest BCUT2D eigenvalue weighted by Gasteiger charge is 2.70. The Morgan fingerprint density at radius 1 is 1.39 bits per heavy atom. The van der Waals surface area contributed by atoms with E-state index < -0.39 is 35.1 Å². The lowest BCUT2D eigenvalue weighted by Crippen LogP contribution is -2.67. The van der Waals surface area contributed by atoms with Crippen molar-refractivity contribution in [1.82, 2.24) is 5.32 Å². The van der Waals surface area contributed by atoms with Gasteiger partial charge in [-0.2, -0.15) is 0 Å². The highest BCUT2D eigenvalue weighted by atomic mass is 16.6. The molecule has 1 aliphatic heterocycles. The standard InChI is InChI=1S/C23H27NO7/c1-12(25)21(28)24-10-7-17(27)30-16-6-9-23(29)14-3-2-8-22(23)18-13(11-14)4-5-15(26)19(18)31-20(16)22/h4-6,12,14,20,25-26,29H,2-3,7-11H2,1H3,(H,24,28)/t12-,14+,20-,22-,23+/m0/s1. The number of aromatic hydroxyl groups is 1. The Bertz CT molecular complexity index is 986. The van der Waals surface area contributed by atoms with E-state index in [4.69, 9.17) is 9.47 Å². The van der Waals surface area contributed by atoms with Gasteiger partial charge in [-0.3, -0.25) is 9.59 Å². The molecule has 4 aliphatic rings. The molecule has 1 aromatic rings. The van der Waals surface area contributed by atoms with Gasteiger partial charge in [0, 0.05) is 12.1 Å². The normalized spacial score (nSPS) is 32.9. The average molecular weight is 429 g/mol. The van der Waals surface area contributed by atoms with Crippen LogP contribution in [0.25, 0.3) is 0 Å². The fourth-order valence-electron chi connectivity index (χ4n) is 6.15. The summed E-state index contributed by atoms with van der Waals surface area (Å²) in [5.74, 6) is -0.247. The second kappa shape index (κ2) is 6.97. The quantitative estimate of drug-likeness (QED) is 0.518. The van der Waals surface area contributed by atoms with Gasteiger partial charge in [-0.25, -0.2) is 0 Å². The summed E-state index contributed by atoms with van der Waals surface area (Å²) in [4.78, 5) is 23.9. The van der Waals surface area contributed by atoms with Gasteiger partial charge in [-0.05, 0) is 56.2 Å². The molecule has 1 saturated carbocycles. The molecule has 5 atom stereocenters. The van der Waals surface area contributed by atoms with Crippen molar-refractivity contribution < 1.29 is 34.4 Å². The van der Waals surface area contributed by atoms with Crippen LogP contribution in [0.2, 0.25) is 0 Å². The number of carbonyl (C=O) groups excluding carboxylic acids is 2. The number of rotatable bonds is 5. The van der Waals surface area contributed by atoms with E-state index in [1.807, 2.05) is 6.07 Å². The Balaban J connectivity index is 1.43. The third-order valence-electron chi connectivity index (χ3n) is 7.50. The molecule has 166 valence electrons. The number of benzene rings is 1. The number of hydrogen-bond acceptors (Lipinski definition) is 7. The van der Waals surface area contributed by atoms with Gasteiger partial charge >= 0.3 is 5.97 Å². The molecule has 4 N–H and O–H groups in total. The van der Waals surface area contributed by atoms with Crippen LogP contribution in [0, 0.1) is 5.92 Å². The molecule has 0 unspecified atom stereocenters. The Morgan fingerprint density at radius 2 is 2.19 bits per heavy atom. The van der Waals surface area contributed by atoms with Crippen molar-refractivity contribution in [2.75, 3.05) is 6.54 Å². The minimum atomic E-state index is -1.15. The molecule has 1 spiro atoms. The molecule has 1 heterocycles. The molecule has 1 amide bonds. The number of ether oxygens (including phenoxy) is 2. The van der Waals surface area contributed by atoms with Gasteiger partial charge < -0.3 is 30.1 Å². The SMILES string of the molecule is C[C@H](O)C(=O)NCCC(=O)OC1=CC[C@@]2(O)[C@@H]3CCC[C@@]24c2c(ccc(O)c2O[C@@H]14)C3. The fraction of sp³-hybridized carbons (Fsp3) is 0.565. The molecule has 8 nitrogen and oxygen atoms in total. The van der Waals surface area contributed by atoms with Crippen molar-refractivity contribution in [1.29, 1.82) is 0 Å². The Kier molecular flexibility index (Phi) is 4.57. The lowest BCUT2D eigenvalue weighted by molar-refractivity contribution is -0.160. The van der Waals surface area contributed by atoms with Crippen LogP contribution in [0.1, 0.15) is 50.2 Å². The van der Waals surface area contributed by atoms with Gasteiger partial charge in [-0.15, -0.1) is 0 Å². The maximum Gasteiger partial charge on any atom is 0.312 e. The molecular formula is C23H27NO7. The Morgan fingerprint density at radius 3 is 2.97 bits per heavy atom. The van der Waals surface area contributed by atoms with Crippen molar-refractivity contribution in [2.45, 2.75) is 68.7 Å². The number of phenols is 1. The van der Waals surface area contributed by atoms with Gasteiger partial charge in [0.2, 0.25) is 5.91 Å². The molecule has 5 rings (SSSR count). The zero-order valence-corrected chi connectivity index (χ0v) is 17.4. The third-order valence-corrected chi connectivity index (χ3v) is 7.50. The number of carbonyl (C=O) groups is 2. The predicted octanol–water partition coefficient (Wildman–Crippen LogP) is 1.20. The summed E-state index contributed by atoms with van der Waals surface area (Å²) in [6, 6.07) is 3.54. The highest BCUT2D eigenvalue weighted by Crippen LogP contribution is 2.67. The molecule has 3 aliphatic carbocycles. The van der Waals surface area contributed by atoms with Crippen molar-refractivity contribution in [3.63, 3.8) is 0 Å². The minimum Gasteiger partial charge on any atom is -0.504 e. The van der Waals surface area contributed by atoms with Gasteiger partial charge in [0.05, 0.1) is 17.4 Å². The van der Waals surface area contributed by atoms with Crippen LogP contribution < -0.4 is 10.1 Å². The second-order valence-corrected chi connectivity index (χ2v) is 9.14. The lowest BCUT2D eigenvalue weighted by Gasteiger charge is -2.59. The first-order valence-electron chi connectivity index (χ1n) is 10.9. The van der Waals surface area contributed by atoms with E-state index in [2.05, 4.69) is 5.32 Å². The van der Waals surface area contributed by atoms with Crippen LogP contribution in [0.3, 0.4) is 0 Å². The first-order chi connectivity index (χ1) is 14.8. The van der Waals surface area contributed by atoms with E-state index in [9.17, 15) is 24.9 Å². The summed E-state index contributed by atoms with van der Waals surface area (Å²) in [6.07, 6.45) is 3.47. The summed E-state index contributed by atoms with van der Waals surface area (Å²) in [6.45, 7) is 1.39. The molecule has 0 radical (unpaired) electrons. The topological polar surface area (TPSA) is 125 Å². The van der Waals surface area contributed by atoms with Crippen LogP contribution in [-0.2, 0) is 26.2 Å².